The highest BCUT2D eigenvalue weighted by Gasteiger charge is 2.15. The number of hydrogen-bond acceptors (Lipinski definition) is 5. The van der Waals surface area contributed by atoms with E-state index in [4.69, 9.17) is 22.4 Å². The lowest BCUT2D eigenvalue weighted by molar-refractivity contribution is 0.322. The first-order valence-corrected chi connectivity index (χ1v) is 9.18. The maximum absolute atomic E-state index is 12.3. The van der Waals surface area contributed by atoms with Crippen molar-refractivity contribution in [2.24, 2.45) is 0 Å². The van der Waals surface area contributed by atoms with Crippen LogP contribution in [-0.4, -0.2) is 25.9 Å². The first kappa shape index (κ1) is 17.0. The number of thioether (sulfide) groups is 1. The average Bonchev–Trinajstić information content (AvgIpc) is 2.49. The monoisotopic (exact) mass is 358 g/mol. The molecule has 0 heterocycles. The van der Waals surface area contributed by atoms with Crippen molar-refractivity contribution in [2.45, 2.75) is 9.79 Å². The summed E-state index contributed by atoms with van der Waals surface area (Å²) in [7, 11) is -3.72. The first-order valence-electron chi connectivity index (χ1n) is 6.34. The van der Waals surface area contributed by atoms with E-state index >= 15 is 0 Å². The smallest absolute Gasteiger partial charge is 0.261 e. The summed E-state index contributed by atoms with van der Waals surface area (Å²) in [6, 6.07) is 11.1. The zero-order chi connectivity index (χ0) is 16.2. The Morgan fingerprint density at radius 1 is 1.18 bits per heavy atom. The van der Waals surface area contributed by atoms with Gasteiger partial charge in [0.2, 0.25) is 0 Å². The second kappa shape index (κ2) is 7.23. The standard InChI is InChI=1S/C14H15ClN2O3S2/c15-13-9-12(5-6-14(13)16)22(19,20)17-10-1-3-11(4-2-10)21-8-7-18/h1-6,9,17-18H,7-8,16H2. The molecule has 2 aromatic carbocycles. The third-order valence-corrected chi connectivity index (χ3v) is 5.45. The third kappa shape index (κ3) is 4.30. The van der Waals surface area contributed by atoms with Crippen LogP contribution in [-0.2, 0) is 10.0 Å². The molecule has 0 aromatic heterocycles. The first-order chi connectivity index (χ1) is 10.4. The van der Waals surface area contributed by atoms with Crippen molar-refractivity contribution in [2.75, 3.05) is 22.8 Å². The van der Waals surface area contributed by atoms with E-state index in [1.54, 1.807) is 24.3 Å². The molecule has 0 saturated heterocycles. The van der Waals surface area contributed by atoms with E-state index in [9.17, 15) is 8.42 Å². The molecule has 22 heavy (non-hydrogen) atoms. The molecule has 0 saturated carbocycles. The second-order valence-corrected chi connectivity index (χ2v) is 7.64. The predicted octanol–water partition coefficient (Wildman–Crippen LogP) is 2.81. The normalized spacial score (nSPS) is 11.4. The lowest BCUT2D eigenvalue weighted by atomic mass is 10.3. The Morgan fingerprint density at radius 3 is 2.45 bits per heavy atom. The van der Waals surface area contributed by atoms with Crippen molar-refractivity contribution < 1.29 is 13.5 Å². The molecule has 118 valence electrons. The molecule has 0 aliphatic carbocycles. The van der Waals surface area contributed by atoms with E-state index in [0.717, 1.165) is 4.90 Å². The molecule has 0 unspecified atom stereocenters. The van der Waals surface area contributed by atoms with E-state index in [1.165, 1.54) is 30.0 Å². The molecule has 4 N–H and O–H groups in total. The summed E-state index contributed by atoms with van der Waals surface area (Å²) in [5.74, 6) is 0.592. The topological polar surface area (TPSA) is 92.4 Å². The number of nitrogens with one attached hydrogen (secondary N) is 1. The van der Waals surface area contributed by atoms with Crippen LogP contribution in [0.15, 0.2) is 52.3 Å². The molecule has 2 rings (SSSR count). The van der Waals surface area contributed by atoms with Gasteiger partial charge in [-0.05, 0) is 42.5 Å². The van der Waals surface area contributed by atoms with Gasteiger partial charge in [-0.2, -0.15) is 0 Å². The van der Waals surface area contributed by atoms with E-state index in [0.29, 0.717) is 17.1 Å². The van der Waals surface area contributed by atoms with Crippen molar-refractivity contribution in [3.63, 3.8) is 0 Å². The van der Waals surface area contributed by atoms with Gasteiger partial charge in [0, 0.05) is 16.3 Å². The van der Waals surface area contributed by atoms with Crippen LogP contribution in [0.3, 0.4) is 0 Å². The highest BCUT2D eigenvalue weighted by Crippen LogP contribution is 2.25. The van der Waals surface area contributed by atoms with Crippen molar-refractivity contribution in [1.29, 1.82) is 0 Å². The molecular weight excluding hydrogens is 344 g/mol. The van der Waals surface area contributed by atoms with Gasteiger partial charge in [0.05, 0.1) is 22.2 Å². The summed E-state index contributed by atoms with van der Waals surface area (Å²) in [4.78, 5) is 0.998. The maximum Gasteiger partial charge on any atom is 0.261 e. The second-order valence-electron chi connectivity index (χ2n) is 4.39. The van der Waals surface area contributed by atoms with Gasteiger partial charge in [-0.1, -0.05) is 11.6 Å². The average molecular weight is 359 g/mol. The third-order valence-electron chi connectivity index (χ3n) is 2.75. The number of hydrogen-bond donors (Lipinski definition) is 3. The largest absolute Gasteiger partial charge is 0.398 e. The van der Waals surface area contributed by atoms with E-state index in [2.05, 4.69) is 4.72 Å². The summed E-state index contributed by atoms with van der Waals surface area (Å²) in [5, 5.41) is 8.96. The minimum Gasteiger partial charge on any atom is -0.398 e. The summed E-state index contributed by atoms with van der Waals surface area (Å²) >= 11 is 7.34. The number of nitrogen functional groups attached to an aromatic ring is 1. The quantitative estimate of drug-likeness (QED) is 0.545. The Labute approximate surface area is 138 Å². The number of aliphatic hydroxyl groups excluding tert-OH is 1. The number of sulfonamides is 1. The molecule has 0 bridgehead atoms. The molecule has 0 fully saturated rings. The lowest BCUT2D eigenvalue weighted by Gasteiger charge is -2.09. The molecule has 0 aliphatic rings. The van der Waals surface area contributed by atoms with Crippen LogP contribution >= 0.6 is 23.4 Å². The van der Waals surface area contributed by atoms with Gasteiger partial charge in [0.15, 0.2) is 0 Å². The molecule has 0 spiro atoms. The molecule has 0 amide bonds. The summed E-state index contributed by atoms with van der Waals surface area (Å²) in [6.07, 6.45) is 0. The highest BCUT2D eigenvalue weighted by molar-refractivity contribution is 7.99. The Morgan fingerprint density at radius 2 is 1.86 bits per heavy atom. The fraction of sp³-hybridized carbons (Fsp3) is 0.143. The molecule has 5 nitrogen and oxygen atoms in total. The van der Waals surface area contributed by atoms with Crippen LogP contribution in [0, 0.1) is 0 Å². The van der Waals surface area contributed by atoms with Gasteiger partial charge >= 0.3 is 0 Å². The number of anilines is 2. The number of aliphatic hydroxyl groups is 1. The molecule has 0 radical (unpaired) electrons. The summed E-state index contributed by atoms with van der Waals surface area (Å²) < 4.78 is 27.0. The molecule has 0 atom stereocenters. The molecule has 0 aliphatic heterocycles. The van der Waals surface area contributed by atoms with Crippen LogP contribution in [0.5, 0.6) is 0 Å². The fourth-order valence-electron chi connectivity index (χ4n) is 1.67. The van der Waals surface area contributed by atoms with Crippen molar-refractivity contribution >= 4 is 44.8 Å². The summed E-state index contributed by atoms with van der Waals surface area (Å²) in [6.45, 7) is 0.0942. The van der Waals surface area contributed by atoms with Crippen molar-refractivity contribution in [1.82, 2.24) is 0 Å². The number of benzene rings is 2. The zero-order valence-corrected chi connectivity index (χ0v) is 13.9. The number of rotatable bonds is 6. The van der Waals surface area contributed by atoms with E-state index in [1.807, 2.05) is 0 Å². The van der Waals surface area contributed by atoms with Crippen LogP contribution < -0.4 is 10.5 Å². The van der Waals surface area contributed by atoms with E-state index < -0.39 is 10.0 Å². The van der Waals surface area contributed by atoms with Crippen molar-refractivity contribution in [3.8, 4) is 0 Å². The Kier molecular flexibility index (Phi) is 5.57. The van der Waals surface area contributed by atoms with Gasteiger partial charge in [-0.3, -0.25) is 4.72 Å². The van der Waals surface area contributed by atoms with Crippen LogP contribution in [0.1, 0.15) is 0 Å². The minimum atomic E-state index is -3.72. The Bertz CT molecular complexity index is 749. The SMILES string of the molecule is Nc1ccc(S(=O)(=O)Nc2ccc(SCCO)cc2)cc1Cl. The summed E-state index contributed by atoms with van der Waals surface area (Å²) in [5.41, 5.74) is 6.34. The van der Waals surface area contributed by atoms with Crippen LogP contribution in [0.2, 0.25) is 5.02 Å². The van der Waals surface area contributed by atoms with Crippen LogP contribution in [0.4, 0.5) is 11.4 Å². The zero-order valence-electron chi connectivity index (χ0n) is 11.5. The molecular formula is C14H15ClN2O3S2. The van der Waals surface area contributed by atoms with Gasteiger partial charge in [-0.25, -0.2) is 8.42 Å². The minimum absolute atomic E-state index is 0.0467. The van der Waals surface area contributed by atoms with Gasteiger partial charge in [0.25, 0.3) is 10.0 Å². The molecule has 2 aromatic rings. The number of halogens is 1. The number of nitrogens with two attached hydrogens (primary N) is 1. The van der Waals surface area contributed by atoms with Gasteiger partial charge in [-0.15, -0.1) is 11.8 Å². The van der Waals surface area contributed by atoms with Gasteiger partial charge in [0.1, 0.15) is 0 Å². The predicted molar refractivity (Wildman–Crippen MR) is 90.9 cm³/mol. The van der Waals surface area contributed by atoms with Gasteiger partial charge < -0.3 is 10.8 Å². The van der Waals surface area contributed by atoms with Crippen molar-refractivity contribution in [3.05, 3.63) is 47.5 Å². The lowest BCUT2D eigenvalue weighted by Crippen LogP contribution is -2.13. The van der Waals surface area contributed by atoms with E-state index in [-0.39, 0.29) is 16.5 Å². The molecule has 8 heteroatoms. The van der Waals surface area contributed by atoms with Crippen LogP contribution in [0.25, 0.3) is 0 Å². The Balaban J connectivity index is 2.16. The maximum atomic E-state index is 12.3. The fourth-order valence-corrected chi connectivity index (χ4v) is 3.66. The highest BCUT2D eigenvalue weighted by atomic mass is 35.5. The Hall–Kier alpha value is -1.41.